The number of morpholine rings is 1. The monoisotopic (exact) mass is 547 g/mol. The summed E-state index contributed by atoms with van der Waals surface area (Å²) in [5.41, 5.74) is 4.12. The molecule has 204 valence electrons. The van der Waals surface area contributed by atoms with E-state index in [1.807, 2.05) is 37.5 Å². The maximum Gasteiger partial charge on any atom is 0.286 e. The highest BCUT2D eigenvalue weighted by molar-refractivity contribution is 6.20. The molecule has 6 rings (SSSR count). The van der Waals surface area contributed by atoms with Crippen LogP contribution in [0.1, 0.15) is 36.8 Å². The molecule has 2 fully saturated rings. The number of carbonyl (C=O) groups is 1. The fraction of sp³-hybridized carbons (Fsp3) is 0.433. The van der Waals surface area contributed by atoms with Gasteiger partial charge in [-0.05, 0) is 55.2 Å². The van der Waals surface area contributed by atoms with Crippen molar-refractivity contribution in [2.24, 2.45) is 13.0 Å². The number of ether oxygens (including phenoxy) is 2. The molecule has 2 aromatic heterocycles. The predicted molar refractivity (Wildman–Crippen MR) is 150 cm³/mol. The van der Waals surface area contributed by atoms with Crippen molar-refractivity contribution in [2.45, 2.75) is 43.2 Å². The lowest BCUT2D eigenvalue weighted by atomic mass is 9.87. The lowest BCUT2D eigenvalue weighted by Crippen LogP contribution is -2.36. The normalized spacial score (nSPS) is 23.5. The molecular weight excluding hydrogens is 514 g/mol. The largest absolute Gasteiger partial charge is 0.484 e. The number of nitrogens with one attached hydrogen (secondary N) is 1. The predicted octanol–water partition coefficient (Wildman–Crippen LogP) is 4.41. The first kappa shape index (κ1) is 25.9. The van der Waals surface area contributed by atoms with Gasteiger partial charge in [0.25, 0.3) is 5.91 Å². The first-order valence-electron chi connectivity index (χ1n) is 13.7. The number of benzene rings is 1. The van der Waals surface area contributed by atoms with E-state index < -0.39 is 0 Å². The molecule has 1 saturated heterocycles. The van der Waals surface area contributed by atoms with Gasteiger partial charge in [-0.15, -0.1) is 11.6 Å². The number of alkyl halides is 1. The Morgan fingerprint density at radius 3 is 2.72 bits per heavy atom. The molecule has 39 heavy (non-hydrogen) atoms. The van der Waals surface area contributed by atoms with Gasteiger partial charge < -0.3 is 24.3 Å². The van der Waals surface area contributed by atoms with Crippen LogP contribution in [-0.4, -0.2) is 58.2 Å². The summed E-state index contributed by atoms with van der Waals surface area (Å²) in [7, 11) is 1.99. The van der Waals surface area contributed by atoms with E-state index in [-0.39, 0.29) is 29.3 Å². The highest BCUT2D eigenvalue weighted by atomic mass is 35.5. The molecule has 0 bridgehead atoms. The first-order valence-corrected chi connectivity index (χ1v) is 14.2. The van der Waals surface area contributed by atoms with Crippen molar-refractivity contribution in [3.05, 3.63) is 78.2 Å². The van der Waals surface area contributed by atoms with Gasteiger partial charge in [-0.2, -0.15) is 0 Å². The van der Waals surface area contributed by atoms with Crippen LogP contribution < -0.4 is 10.2 Å². The molecule has 1 N–H and O–H groups in total. The Bertz CT molecular complexity index is 1320. The van der Waals surface area contributed by atoms with Crippen molar-refractivity contribution in [1.82, 2.24) is 19.9 Å². The molecule has 1 aromatic carbocycles. The van der Waals surface area contributed by atoms with Crippen molar-refractivity contribution in [3.63, 3.8) is 0 Å². The summed E-state index contributed by atoms with van der Waals surface area (Å²) in [6.45, 7) is 3.32. The smallest absolute Gasteiger partial charge is 0.286 e. The number of fused-ring (bicyclic) bond motifs is 1. The van der Waals surface area contributed by atoms with Crippen molar-refractivity contribution in [1.29, 1.82) is 0 Å². The van der Waals surface area contributed by atoms with Crippen LogP contribution in [0.2, 0.25) is 0 Å². The van der Waals surface area contributed by atoms with Crippen molar-refractivity contribution in [2.75, 3.05) is 31.2 Å². The Labute approximate surface area is 234 Å². The molecule has 8 nitrogen and oxygen atoms in total. The lowest BCUT2D eigenvalue weighted by molar-refractivity contribution is -0.122. The number of rotatable bonds is 7. The van der Waals surface area contributed by atoms with Gasteiger partial charge in [0.1, 0.15) is 11.9 Å². The zero-order valence-corrected chi connectivity index (χ0v) is 22.9. The van der Waals surface area contributed by atoms with Crippen LogP contribution in [0.4, 0.5) is 5.69 Å². The minimum atomic E-state index is -0.383. The van der Waals surface area contributed by atoms with Gasteiger partial charge in [0.15, 0.2) is 5.76 Å². The second-order valence-corrected chi connectivity index (χ2v) is 11.1. The van der Waals surface area contributed by atoms with E-state index in [4.69, 9.17) is 26.1 Å². The third-order valence-electron chi connectivity index (χ3n) is 7.96. The highest BCUT2D eigenvalue weighted by Gasteiger charge is 2.37. The third-order valence-corrected chi connectivity index (χ3v) is 8.35. The van der Waals surface area contributed by atoms with Gasteiger partial charge in [-0.3, -0.25) is 9.78 Å². The summed E-state index contributed by atoms with van der Waals surface area (Å²) in [4.78, 5) is 25.0. The maximum absolute atomic E-state index is 13.4. The van der Waals surface area contributed by atoms with E-state index in [1.165, 1.54) is 5.69 Å². The molecule has 1 saturated carbocycles. The summed E-state index contributed by atoms with van der Waals surface area (Å²) < 4.78 is 13.6. The van der Waals surface area contributed by atoms with E-state index in [1.54, 1.807) is 6.20 Å². The van der Waals surface area contributed by atoms with Gasteiger partial charge >= 0.3 is 0 Å². The van der Waals surface area contributed by atoms with E-state index >= 15 is 0 Å². The number of anilines is 1. The Morgan fingerprint density at radius 2 is 1.95 bits per heavy atom. The van der Waals surface area contributed by atoms with Gasteiger partial charge in [-0.1, -0.05) is 18.2 Å². The van der Waals surface area contributed by atoms with E-state index in [0.717, 1.165) is 68.3 Å². The summed E-state index contributed by atoms with van der Waals surface area (Å²) in [5, 5.41) is 3.33. The lowest BCUT2D eigenvalue weighted by Gasteiger charge is -2.28. The molecule has 3 aliphatic rings. The number of hydrogen-bond acceptors (Lipinski definition) is 6. The average molecular weight is 548 g/mol. The van der Waals surface area contributed by atoms with Crippen LogP contribution >= 0.6 is 11.6 Å². The summed E-state index contributed by atoms with van der Waals surface area (Å²) >= 11 is 6.37. The number of amides is 1. The molecule has 0 radical (unpaired) electrons. The SMILES string of the molecule is Cn1c(-c2ccc(N3CCOCC3)cc2)cnc1[C@H](Cc1ccccn1)NC(=O)C1=CC2CC(Cl)CCC2O1. The molecule has 0 spiro atoms. The second-order valence-electron chi connectivity index (χ2n) is 10.5. The van der Waals surface area contributed by atoms with Crippen molar-refractivity contribution < 1.29 is 14.3 Å². The maximum atomic E-state index is 13.4. The van der Waals surface area contributed by atoms with Crippen molar-refractivity contribution in [3.8, 4) is 11.3 Å². The quantitative estimate of drug-likeness (QED) is 0.441. The Kier molecular flexibility index (Phi) is 7.57. The molecule has 4 atom stereocenters. The number of nitrogens with zero attached hydrogens (tertiary/aromatic N) is 4. The topological polar surface area (TPSA) is 81.5 Å². The highest BCUT2D eigenvalue weighted by Crippen LogP contribution is 2.37. The Hall–Kier alpha value is -3.36. The summed E-state index contributed by atoms with van der Waals surface area (Å²) in [5.74, 6) is 1.11. The molecule has 3 aromatic rings. The minimum Gasteiger partial charge on any atom is -0.484 e. The molecule has 3 unspecified atom stereocenters. The van der Waals surface area contributed by atoms with Gasteiger partial charge in [-0.25, -0.2) is 4.98 Å². The second kappa shape index (κ2) is 11.4. The van der Waals surface area contributed by atoms with E-state index in [0.29, 0.717) is 12.2 Å². The van der Waals surface area contributed by atoms with E-state index in [2.05, 4.69) is 44.0 Å². The molecular formula is C30H34ClN5O3. The van der Waals surface area contributed by atoms with Crippen LogP contribution in [0.25, 0.3) is 11.3 Å². The van der Waals surface area contributed by atoms with Crippen LogP contribution in [-0.2, 0) is 27.7 Å². The molecule has 1 aliphatic carbocycles. The zero-order valence-electron chi connectivity index (χ0n) is 22.1. The molecule has 4 heterocycles. The first-order chi connectivity index (χ1) is 19.0. The van der Waals surface area contributed by atoms with E-state index in [9.17, 15) is 4.79 Å². The molecule has 9 heteroatoms. The number of aromatic nitrogens is 3. The number of pyridine rings is 1. The molecule has 2 aliphatic heterocycles. The summed E-state index contributed by atoms with van der Waals surface area (Å²) in [6, 6.07) is 14.0. The average Bonchev–Trinajstić information content (AvgIpc) is 3.57. The standard InChI is InChI=1S/C30H34ClN5O3/c1-35-26(20-5-8-24(9-6-20)36-12-14-38-15-13-36)19-33-29(35)25(18-23-4-2-3-11-32-23)34-30(37)28-17-21-16-22(31)7-10-27(21)39-28/h2-6,8-9,11,17,19,21-22,25,27H,7,10,12-16,18H2,1H3,(H,34,37)/t21?,22?,25-,27?/m0/s1. The summed E-state index contributed by atoms with van der Waals surface area (Å²) in [6.07, 6.45) is 8.76. The number of hydrogen-bond donors (Lipinski definition) is 1. The molecule has 1 amide bonds. The van der Waals surface area contributed by atoms with Gasteiger partial charge in [0.2, 0.25) is 0 Å². The van der Waals surface area contributed by atoms with Crippen molar-refractivity contribution >= 4 is 23.2 Å². The van der Waals surface area contributed by atoms with Crippen LogP contribution in [0.3, 0.4) is 0 Å². The van der Waals surface area contributed by atoms with Crippen LogP contribution in [0, 0.1) is 5.92 Å². The van der Waals surface area contributed by atoms with Crippen LogP contribution in [0.5, 0.6) is 0 Å². The third kappa shape index (κ3) is 5.68. The van der Waals surface area contributed by atoms with Gasteiger partial charge in [0, 0.05) is 55.4 Å². The Balaban J connectivity index is 1.23. The number of halogens is 1. The fourth-order valence-corrected chi connectivity index (χ4v) is 6.15. The number of carbonyl (C=O) groups excluding carboxylic acids is 1. The zero-order chi connectivity index (χ0) is 26.8. The minimum absolute atomic E-state index is 0.0372. The van der Waals surface area contributed by atoms with Crippen LogP contribution in [0.15, 0.2) is 66.7 Å². The Morgan fingerprint density at radius 1 is 1.13 bits per heavy atom. The number of imidazole rings is 1. The van der Waals surface area contributed by atoms with Gasteiger partial charge in [0.05, 0.1) is 31.1 Å². The fourth-order valence-electron chi connectivity index (χ4n) is 5.82.